The highest BCUT2D eigenvalue weighted by Crippen LogP contribution is 2.29. The van der Waals surface area contributed by atoms with Gasteiger partial charge < -0.3 is 14.8 Å². The van der Waals surface area contributed by atoms with Crippen LogP contribution in [0.3, 0.4) is 0 Å². The lowest BCUT2D eigenvalue weighted by Gasteiger charge is -2.31. The van der Waals surface area contributed by atoms with Crippen LogP contribution >= 0.6 is 0 Å². The van der Waals surface area contributed by atoms with Crippen molar-refractivity contribution in [3.8, 4) is 5.75 Å². The Bertz CT molecular complexity index is 778. The van der Waals surface area contributed by atoms with Gasteiger partial charge >= 0.3 is 0 Å². The minimum atomic E-state index is -0.0330. The highest BCUT2D eigenvalue weighted by molar-refractivity contribution is 5.87. The fourth-order valence-electron chi connectivity index (χ4n) is 3.69. The molecule has 2 unspecified atom stereocenters. The van der Waals surface area contributed by atoms with Crippen molar-refractivity contribution in [2.45, 2.75) is 38.2 Å². The van der Waals surface area contributed by atoms with Crippen molar-refractivity contribution in [1.29, 1.82) is 0 Å². The van der Waals surface area contributed by atoms with Gasteiger partial charge in [0.2, 0.25) is 0 Å². The van der Waals surface area contributed by atoms with Crippen LogP contribution in [0.2, 0.25) is 0 Å². The summed E-state index contributed by atoms with van der Waals surface area (Å²) < 4.78 is 12.4. The third-order valence-corrected chi connectivity index (χ3v) is 5.07. The summed E-state index contributed by atoms with van der Waals surface area (Å²) in [6.07, 6.45) is 3.00. The first-order chi connectivity index (χ1) is 13.3. The van der Waals surface area contributed by atoms with Gasteiger partial charge in [-0.15, -0.1) is 0 Å². The van der Waals surface area contributed by atoms with E-state index in [4.69, 9.17) is 14.6 Å². The number of hydrogen-bond acceptors (Lipinski definition) is 5. The van der Waals surface area contributed by atoms with E-state index in [9.17, 15) is 0 Å². The van der Waals surface area contributed by atoms with Crippen molar-refractivity contribution in [2.75, 3.05) is 20.1 Å². The van der Waals surface area contributed by atoms with Gasteiger partial charge in [0.05, 0.1) is 18.9 Å². The summed E-state index contributed by atoms with van der Waals surface area (Å²) in [5, 5.41) is 10.1. The average Bonchev–Trinajstić information content (AvgIpc) is 3.08. The number of nitrogens with zero attached hydrogens (tertiary/aromatic N) is 2. The molecule has 2 heterocycles. The number of para-hydroxylation sites is 1. The topological polar surface area (TPSA) is 46.1 Å². The van der Waals surface area contributed by atoms with Gasteiger partial charge in [0.15, 0.2) is 6.23 Å². The predicted molar refractivity (Wildman–Crippen MR) is 107 cm³/mol. The van der Waals surface area contributed by atoms with Crippen LogP contribution in [-0.2, 0) is 17.8 Å². The lowest BCUT2D eigenvalue weighted by molar-refractivity contribution is -0.0662. The number of fused-ring (bicyclic) bond motifs is 1. The number of aryl methyl sites for hydroxylation is 1. The molecular formula is C22H27N3O2. The average molecular weight is 365 g/mol. The van der Waals surface area contributed by atoms with Gasteiger partial charge in [0, 0.05) is 13.0 Å². The van der Waals surface area contributed by atoms with Crippen molar-refractivity contribution in [3.63, 3.8) is 0 Å². The van der Waals surface area contributed by atoms with Gasteiger partial charge in [-0.25, -0.2) is 0 Å². The fraction of sp³-hybridized carbons (Fsp3) is 0.409. The molecular weight excluding hydrogens is 338 g/mol. The molecule has 2 aliphatic heterocycles. The maximum atomic E-state index is 6.22. The molecule has 5 nitrogen and oxygen atoms in total. The van der Waals surface area contributed by atoms with Crippen LogP contribution in [-0.4, -0.2) is 43.2 Å². The minimum Gasteiger partial charge on any atom is -0.488 e. The lowest BCUT2D eigenvalue weighted by atomic mass is 10.0. The molecule has 0 amide bonds. The van der Waals surface area contributed by atoms with E-state index in [1.54, 1.807) is 0 Å². The summed E-state index contributed by atoms with van der Waals surface area (Å²) in [4.78, 5) is 0. The summed E-state index contributed by atoms with van der Waals surface area (Å²) in [5.74, 6) is 1.01. The second-order valence-electron chi connectivity index (χ2n) is 7.16. The normalized spacial score (nSPS) is 21.5. The Morgan fingerprint density at radius 1 is 1.15 bits per heavy atom. The van der Waals surface area contributed by atoms with Crippen molar-refractivity contribution in [3.05, 3.63) is 65.7 Å². The minimum absolute atomic E-state index is 0.0330. The predicted octanol–water partition coefficient (Wildman–Crippen LogP) is 3.20. The number of hydrogen-bond donors (Lipinski definition) is 1. The van der Waals surface area contributed by atoms with E-state index in [0.717, 1.165) is 43.8 Å². The molecule has 2 aromatic rings. The zero-order valence-corrected chi connectivity index (χ0v) is 15.8. The molecule has 0 saturated carbocycles. The van der Waals surface area contributed by atoms with Crippen LogP contribution in [0.25, 0.3) is 0 Å². The van der Waals surface area contributed by atoms with Crippen molar-refractivity contribution in [2.24, 2.45) is 5.10 Å². The van der Waals surface area contributed by atoms with Gasteiger partial charge in [0.1, 0.15) is 11.9 Å². The Hall–Kier alpha value is -2.37. The highest BCUT2D eigenvalue weighted by atomic mass is 16.5. The first-order valence-electron chi connectivity index (χ1n) is 9.69. The molecule has 1 N–H and O–H groups in total. The van der Waals surface area contributed by atoms with Crippen LogP contribution in [0.1, 0.15) is 24.0 Å². The summed E-state index contributed by atoms with van der Waals surface area (Å²) in [7, 11) is 1.95. The Morgan fingerprint density at radius 2 is 1.96 bits per heavy atom. The summed E-state index contributed by atoms with van der Waals surface area (Å²) in [6.45, 7) is 2.13. The largest absolute Gasteiger partial charge is 0.488 e. The molecule has 0 aliphatic carbocycles. The van der Waals surface area contributed by atoms with E-state index in [2.05, 4.69) is 40.7 Å². The molecule has 4 rings (SSSR count). The third-order valence-electron chi connectivity index (χ3n) is 5.07. The zero-order chi connectivity index (χ0) is 18.5. The molecule has 0 saturated heterocycles. The van der Waals surface area contributed by atoms with Gasteiger partial charge in [-0.05, 0) is 37.1 Å². The molecule has 2 aliphatic rings. The third kappa shape index (κ3) is 4.49. The molecule has 2 aromatic carbocycles. The van der Waals surface area contributed by atoms with Gasteiger partial charge in [-0.3, -0.25) is 5.01 Å². The molecule has 0 fully saturated rings. The Kier molecular flexibility index (Phi) is 5.70. The maximum Gasteiger partial charge on any atom is 0.151 e. The fourth-order valence-corrected chi connectivity index (χ4v) is 3.69. The number of benzene rings is 2. The molecule has 5 heteroatoms. The van der Waals surface area contributed by atoms with Crippen LogP contribution in [0.5, 0.6) is 5.75 Å². The Morgan fingerprint density at radius 3 is 2.81 bits per heavy atom. The van der Waals surface area contributed by atoms with E-state index in [1.807, 2.05) is 31.3 Å². The van der Waals surface area contributed by atoms with E-state index in [1.165, 1.54) is 11.1 Å². The number of rotatable bonds is 7. The smallest absolute Gasteiger partial charge is 0.151 e. The number of nitrogens with one attached hydrogen (secondary N) is 1. The molecule has 0 radical (unpaired) electrons. The molecule has 0 spiro atoms. The molecule has 142 valence electrons. The van der Waals surface area contributed by atoms with Crippen molar-refractivity contribution < 1.29 is 9.47 Å². The van der Waals surface area contributed by atoms with E-state index in [-0.39, 0.29) is 12.3 Å². The van der Waals surface area contributed by atoms with Gasteiger partial charge in [-0.1, -0.05) is 48.5 Å². The Balaban J connectivity index is 1.40. The molecule has 0 aromatic heterocycles. The first-order valence-corrected chi connectivity index (χ1v) is 9.69. The lowest BCUT2D eigenvalue weighted by Crippen LogP contribution is -2.39. The van der Waals surface area contributed by atoms with Crippen molar-refractivity contribution >= 4 is 5.71 Å². The van der Waals surface area contributed by atoms with Crippen LogP contribution in [0, 0.1) is 0 Å². The zero-order valence-electron chi connectivity index (χ0n) is 15.8. The van der Waals surface area contributed by atoms with Crippen LogP contribution in [0.4, 0.5) is 0 Å². The van der Waals surface area contributed by atoms with Gasteiger partial charge in [0.25, 0.3) is 0 Å². The number of hydrazone groups is 1. The summed E-state index contributed by atoms with van der Waals surface area (Å²) in [5.41, 5.74) is 3.61. The van der Waals surface area contributed by atoms with Crippen LogP contribution in [0.15, 0.2) is 59.7 Å². The van der Waals surface area contributed by atoms with E-state index in [0.29, 0.717) is 6.61 Å². The van der Waals surface area contributed by atoms with Gasteiger partial charge in [-0.2, -0.15) is 5.10 Å². The summed E-state index contributed by atoms with van der Waals surface area (Å²) >= 11 is 0. The van der Waals surface area contributed by atoms with E-state index >= 15 is 0 Å². The number of ether oxygens (including phenoxy) is 2. The second kappa shape index (κ2) is 8.55. The first kappa shape index (κ1) is 18.0. The van der Waals surface area contributed by atoms with E-state index < -0.39 is 0 Å². The molecule has 2 atom stereocenters. The monoisotopic (exact) mass is 365 g/mol. The van der Waals surface area contributed by atoms with Crippen molar-refractivity contribution in [1.82, 2.24) is 10.3 Å². The second-order valence-corrected chi connectivity index (χ2v) is 7.16. The Labute approximate surface area is 161 Å². The standard InChI is InChI=1S/C22H27N3O2/c1-23-14-19-13-22(26-16-17-7-3-2-4-8-17)25(24-19)15-20-12-11-18-9-5-6-10-21(18)27-20/h2-10,20,22-23H,11-16H2,1H3. The maximum absolute atomic E-state index is 6.22. The SMILES string of the molecule is CNCC1=NN(CC2CCc3ccccc3O2)C(OCc2ccccc2)C1. The highest BCUT2D eigenvalue weighted by Gasteiger charge is 2.30. The molecule has 0 bridgehead atoms. The quantitative estimate of drug-likeness (QED) is 0.818. The summed E-state index contributed by atoms with van der Waals surface area (Å²) in [6, 6.07) is 18.6. The van der Waals surface area contributed by atoms with Crippen LogP contribution < -0.4 is 10.1 Å². The molecule has 27 heavy (non-hydrogen) atoms.